The Balaban J connectivity index is 1.78. The molecule has 102 valence electrons. The van der Waals surface area contributed by atoms with E-state index in [-0.39, 0.29) is 0 Å². The van der Waals surface area contributed by atoms with Crippen molar-refractivity contribution in [1.29, 1.82) is 0 Å². The van der Waals surface area contributed by atoms with Gasteiger partial charge >= 0.3 is 0 Å². The highest BCUT2D eigenvalue weighted by atomic mass is 35.5. The van der Waals surface area contributed by atoms with Crippen LogP contribution < -0.4 is 5.73 Å². The molecule has 19 heavy (non-hydrogen) atoms. The van der Waals surface area contributed by atoms with Crippen LogP contribution in [-0.2, 0) is 6.54 Å². The maximum absolute atomic E-state index is 6.16. The van der Waals surface area contributed by atoms with Crippen molar-refractivity contribution >= 4 is 22.5 Å². The number of halogens is 1. The van der Waals surface area contributed by atoms with Gasteiger partial charge in [-0.25, -0.2) is 0 Å². The molecule has 0 radical (unpaired) electrons. The van der Waals surface area contributed by atoms with Crippen LogP contribution in [0, 0.1) is 5.92 Å². The Morgan fingerprint density at radius 3 is 3.11 bits per heavy atom. The van der Waals surface area contributed by atoms with Crippen molar-refractivity contribution in [3.8, 4) is 0 Å². The van der Waals surface area contributed by atoms with Crippen molar-refractivity contribution in [3.63, 3.8) is 0 Å². The number of nitrogens with one attached hydrogen (secondary N) is 1. The van der Waals surface area contributed by atoms with Crippen LogP contribution in [0.1, 0.15) is 18.9 Å². The number of nitrogens with two attached hydrogens (primary N) is 1. The second-order valence-electron chi connectivity index (χ2n) is 5.67. The molecule has 1 saturated heterocycles. The molecular weight excluding hydrogens is 258 g/mol. The molecule has 1 aliphatic heterocycles. The van der Waals surface area contributed by atoms with Gasteiger partial charge in [0.25, 0.3) is 0 Å². The van der Waals surface area contributed by atoms with Crippen molar-refractivity contribution in [2.24, 2.45) is 11.7 Å². The van der Waals surface area contributed by atoms with Crippen molar-refractivity contribution in [3.05, 3.63) is 35.0 Å². The van der Waals surface area contributed by atoms with Crippen LogP contribution in [0.25, 0.3) is 10.9 Å². The van der Waals surface area contributed by atoms with Gasteiger partial charge in [0.05, 0.1) is 0 Å². The molecule has 1 aromatic heterocycles. The number of piperidine rings is 1. The van der Waals surface area contributed by atoms with Crippen LogP contribution in [0.3, 0.4) is 0 Å². The zero-order valence-corrected chi connectivity index (χ0v) is 12.0. The summed E-state index contributed by atoms with van der Waals surface area (Å²) in [5, 5.41) is 2.03. The molecule has 3 rings (SSSR count). The van der Waals surface area contributed by atoms with E-state index in [1.54, 1.807) is 0 Å². The number of rotatable bonds is 2. The Hall–Kier alpha value is -1.03. The first-order valence-electron chi connectivity index (χ1n) is 6.87. The van der Waals surface area contributed by atoms with Crippen molar-refractivity contribution in [2.75, 3.05) is 13.1 Å². The molecule has 0 spiro atoms. The van der Waals surface area contributed by atoms with E-state index in [0.717, 1.165) is 30.2 Å². The average Bonchev–Trinajstić information content (AvgIpc) is 2.76. The van der Waals surface area contributed by atoms with Crippen LogP contribution in [0.5, 0.6) is 0 Å². The van der Waals surface area contributed by atoms with Crippen molar-refractivity contribution < 1.29 is 0 Å². The summed E-state index contributed by atoms with van der Waals surface area (Å²) in [6, 6.07) is 6.32. The zero-order valence-electron chi connectivity index (χ0n) is 11.2. The summed E-state index contributed by atoms with van der Waals surface area (Å²) >= 11 is 6.01. The molecule has 4 heteroatoms. The summed E-state index contributed by atoms with van der Waals surface area (Å²) in [5.41, 5.74) is 8.60. The van der Waals surface area contributed by atoms with Gasteiger partial charge in [0.1, 0.15) is 0 Å². The van der Waals surface area contributed by atoms with Crippen LogP contribution >= 0.6 is 11.6 Å². The topological polar surface area (TPSA) is 45.0 Å². The minimum absolute atomic E-state index is 0.299. The maximum atomic E-state index is 6.16. The predicted octanol–water partition coefficient (Wildman–Crippen LogP) is 2.99. The summed E-state index contributed by atoms with van der Waals surface area (Å²) in [6.45, 7) is 5.33. The molecule has 1 aromatic carbocycles. The predicted molar refractivity (Wildman–Crippen MR) is 80.3 cm³/mol. The number of aromatic nitrogens is 1. The average molecular weight is 278 g/mol. The van der Waals surface area contributed by atoms with Gasteiger partial charge in [-0.05, 0) is 36.6 Å². The van der Waals surface area contributed by atoms with Gasteiger partial charge in [0.2, 0.25) is 0 Å². The Morgan fingerprint density at radius 2 is 2.32 bits per heavy atom. The molecule has 0 amide bonds. The monoisotopic (exact) mass is 277 g/mol. The maximum Gasteiger partial charge on any atom is 0.0472 e. The van der Waals surface area contributed by atoms with Gasteiger partial charge in [-0.2, -0.15) is 0 Å². The van der Waals surface area contributed by atoms with E-state index in [0.29, 0.717) is 12.0 Å². The van der Waals surface area contributed by atoms with E-state index in [9.17, 15) is 0 Å². The smallest absolute Gasteiger partial charge is 0.0472 e. The number of H-pyrrole nitrogens is 1. The van der Waals surface area contributed by atoms with Gasteiger partial charge in [0.15, 0.2) is 0 Å². The summed E-state index contributed by atoms with van der Waals surface area (Å²) in [5.74, 6) is 0.637. The highest BCUT2D eigenvalue weighted by molar-refractivity contribution is 6.31. The first-order valence-corrected chi connectivity index (χ1v) is 7.25. The second-order valence-corrected chi connectivity index (χ2v) is 6.11. The Kier molecular flexibility index (Phi) is 3.52. The largest absolute Gasteiger partial charge is 0.361 e. The molecule has 0 aliphatic carbocycles. The van der Waals surface area contributed by atoms with Crippen LogP contribution in [0.2, 0.25) is 5.02 Å². The van der Waals surface area contributed by atoms with Crippen LogP contribution in [-0.4, -0.2) is 29.0 Å². The molecule has 2 aromatic rings. The van der Waals surface area contributed by atoms with Gasteiger partial charge < -0.3 is 10.7 Å². The molecule has 0 bridgehead atoms. The Labute approximate surface area is 118 Å². The number of hydrogen-bond donors (Lipinski definition) is 2. The lowest BCUT2D eigenvalue weighted by atomic mass is 9.94. The molecular formula is C15H20ClN3. The lowest BCUT2D eigenvalue weighted by Gasteiger charge is -2.34. The number of aromatic amines is 1. The Morgan fingerprint density at radius 1 is 1.47 bits per heavy atom. The van der Waals surface area contributed by atoms with Crippen molar-refractivity contribution in [1.82, 2.24) is 9.88 Å². The number of nitrogens with zero attached hydrogens (tertiary/aromatic N) is 1. The number of hydrogen-bond acceptors (Lipinski definition) is 2. The first-order chi connectivity index (χ1) is 9.13. The summed E-state index contributed by atoms with van der Waals surface area (Å²) < 4.78 is 0. The molecule has 1 fully saturated rings. The SMILES string of the molecule is CC1CCN(Cc2c[nH]c3cc(Cl)ccc23)CC1N. The third-order valence-electron chi connectivity index (χ3n) is 4.22. The van der Waals surface area contributed by atoms with E-state index in [4.69, 9.17) is 17.3 Å². The summed E-state index contributed by atoms with van der Waals surface area (Å²) in [6.07, 6.45) is 3.28. The molecule has 0 saturated carbocycles. The fourth-order valence-electron chi connectivity index (χ4n) is 2.84. The molecule has 2 atom stereocenters. The zero-order chi connectivity index (χ0) is 13.4. The third-order valence-corrected chi connectivity index (χ3v) is 4.46. The molecule has 3 N–H and O–H groups in total. The van der Waals surface area contributed by atoms with Crippen molar-refractivity contribution in [2.45, 2.75) is 25.9 Å². The van der Waals surface area contributed by atoms with Gasteiger partial charge in [-0.3, -0.25) is 4.90 Å². The van der Waals surface area contributed by atoms with Gasteiger partial charge in [-0.1, -0.05) is 24.6 Å². The number of likely N-dealkylation sites (tertiary alicyclic amines) is 1. The molecule has 3 nitrogen and oxygen atoms in total. The summed E-state index contributed by atoms with van der Waals surface area (Å²) in [4.78, 5) is 5.74. The van der Waals surface area contributed by atoms with E-state index in [2.05, 4.69) is 29.1 Å². The van der Waals surface area contributed by atoms with E-state index in [1.807, 2.05) is 12.1 Å². The minimum atomic E-state index is 0.299. The minimum Gasteiger partial charge on any atom is -0.361 e. The normalized spacial score (nSPS) is 25.0. The van der Waals surface area contributed by atoms with Gasteiger partial charge in [0, 0.05) is 41.3 Å². The quantitative estimate of drug-likeness (QED) is 0.886. The fourth-order valence-corrected chi connectivity index (χ4v) is 3.02. The molecule has 2 unspecified atom stereocenters. The third kappa shape index (κ3) is 2.64. The highest BCUT2D eigenvalue weighted by Crippen LogP contribution is 2.24. The first kappa shape index (κ1) is 13.0. The summed E-state index contributed by atoms with van der Waals surface area (Å²) in [7, 11) is 0. The number of fused-ring (bicyclic) bond motifs is 1. The molecule has 2 heterocycles. The van der Waals surface area contributed by atoms with Crippen LogP contribution in [0.4, 0.5) is 0 Å². The number of benzene rings is 1. The van der Waals surface area contributed by atoms with E-state index >= 15 is 0 Å². The van der Waals surface area contributed by atoms with Crippen LogP contribution in [0.15, 0.2) is 24.4 Å². The Bertz CT molecular complexity index is 578. The lowest BCUT2D eigenvalue weighted by Crippen LogP contribution is -2.47. The van der Waals surface area contributed by atoms with E-state index in [1.165, 1.54) is 17.4 Å². The highest BCUT2D eigenvalue weighted by Gasteiger charge is 2.23. The second kappa shape index (κ2) is 5.16. The van der Waals surface area contributed by atoms with Gasteiger partial charge in [-0.15, -0.1) is 0 Å². The standard InChI is InChI=1S/C15H20ClN3/c1-10-4-5-19(9-14(10)17)8-11-7-18-15-6-12(16)2-3-13(11)15/h2-3,6-7,10,14,18H,4-5,8-9,17H2,1H3. The van der Waals surface area contributed by atoms with E-state index < -0.39 is 0 Å². The lowest BCUT2D eigenvalue weighted by molar-refractivity contribution is 0.162. The molecule has 1 aliphatic rings. The fraction of sp³-hybridized carbons (Fsp3) is 0.467.